The van der Waals surface area contributed by atoms with Gasteiger partial charge in [0.25, 0.3) is 0 Å². The first-order valence-electron chi connectivity index (χ1n) is 6.53. The molecular weight excluding hydrogens is 186 g/mol. The maximum absolute atomic E-state index is 12.1. The lowest BCUT2D eigenvalue weighted by atomic mass is 9.82. The molecule has 0 bridgehead atoms. The van der Waals surface area contributed by atoms with Gasteiger partial charge in [-0.2, -0.15) is 0 Å². The summed E-state index contributed by atoms with van der Waals surface area (Å²) in [7, 11) is 0. The average Bonchev–Trinajstić information content (AvgIpc) is 2.66. The van der Waals surface area contributed by atoms with E-state index in [4.69, 9.17) is 0 Å². The van der Waals surface area contributed by atoms with Gasteiger partial charge in [0.15, 0.2) is 0 Å². The fraction of sp³-hybridized carbons (Fsp3) is 0.923. The van der Waals surface area contributed by atoms with Gasteiger partial charge in [0.1, 0.15) is 5.78 Å². The molecule has 0 aromatic heterocycles. The van der Waals surface area contributed by atoms with Crippen LogP contribution in [-0.4, -0.2) is 18.4 Å². The van der Waals surface area contributed by atoms with Crippen LogP contribution in [0.4, 0.5) is 0 Å². The highest BCUT2D eigenvalue weighted by molar-refractivity contribution is 5.82. The van der Waals surface area contributed by atoms with Crippen LogP contribution in [0.5, 0.6) is 0 Å². The van der Waals surface area contributed by atoms with Crippen molar-refractivity contribution in [1.29, 1.82) is 0 Å². The van der Waals surface area contributed by atoms with Gasteiger partial charge in [0.05, 0.1) is 0 Å². The summed E-state index contributed by atoms with van der Waals surface area (Å²) in [6, 6.07) is 0.418. The van der Waals surface area contributed by atoms with E-state index in [1.54, 1.807) is 0 Å². The number of carbonyl (C=O) groups is 1. The van der Waals surface area contributed by atoms with Crippen molar-refractivity contribution in [2.45, 2.75) is 57.9 Å². The molecule has 2 nitrogen and oxygen atoms in total. The van der Waals surface area contributed by atoms with Gasteiger partial charge in [-0.25, -0.2) is 0 Å². The molecule has 0 amide bonds. The normalized spacial score (nSPS) is 33.1. The van der Waals surface area contributed by atoms with Crippen molar-refractivity contribution in [2.75, 3.05) is 6.54 Å². The summed E-state index contributed by atoms with van der Waals surface area (Å²) in [5, 5.41) is 3.37. The summed E-state index contributed by atoms with van der Waals surface area (Å²) < 4.78 is 0. The number of hydrogen-bond donors (Lipinski definition) is 1. The summed E-state index contributed by atoms with van der Waals surface area (Å²) in [5.41, 5.74) is 0. The van der Waals surface area contributed by atoms with Gasteiger partial charge in [-0.15, -0.1) is 0 Å². The van der Waals surface area contributed by atoms with Gasteiger partial charge in [0.2, 0.25) is 0 Å². The molecule has 2 atom stereocenters. The third kappa shape index (κ3) is 2.81. The van der Waals surface area contributed by atoms with Crippen molar-refractivity contribution in [3.8, 4) is 0 Å². The van der Waals surface area contributed by atoms with E-state index in [1.807, 2.05) is 0 Å². The number of hydrogen-bond acceptors (Lipinski definition) is 2. The lowest BCUT2D eigenvalue weighted by Gasteiger charge is -2.23. The van der Waals surface area contributed by atoms with Crippen molar-refractivity contribution in [1.82, 2.24) is 5.32 Å². The van der Waals surface area contributed by atoms with Gasteiger partial charge < -0.3 is 5.32 Å². The van der Waals surface area contributed by atoms with E-state index in [0.29, 0.717) is 23.7 Å². The van der Waals surface area contributed by atoms with Crippen LogP contribution in [0.2, 0.25) is 0 Å². The molecule has 0 spiro atoms. The molecule has 2 aliphatic rings. The van der Waals surface area contributed by atoms with Crippen LogP contribution < -0.4 is 5.32 Å². The molecule has 2 fully saturated rings. The summed E-state index contributed by atoms with van der Waals surface area (Å²) >= 11 is 0. The SMILES string of the molecule is CC1NCCC1C(=O)CC1CCCCC1. The highest BCUT2D eigenvalue weighted by Crippen LogP contribution is 2.29. The number of carbonyl (C=O) groups excluding carboxylic acids is 1. The minimum Gasteiger partial charge on any atom is -0.314 e. The topological polar surface area (TPSA) is 29.1 Å². The molecule has 1 aliphatic heterocycles. The molecule has 1 heterocycles. The number of rotatable bonds is 3. The summed E-state index contributed by atoms with van der Waals surface area (Å²) in [6.07, 6.45) is 8.57. The minimum atomic E-state index is 0.312. The first-order chi connectivity index (χ1) is 7.27. The Bertz CT molecular complexity index is 221. The molecule has 1 saturated carbocycles. The second kappa shape index (κ2) is 5.11. The molecule has 2 unspecified atom stereocenters. The summed E-state index contributed by atoms with van der Waals surface area (Å²) in [6.45, 7) is 3.18. The predicted molar refractivity (Wildman–Crippen MR) is 61.8 cm³/mol. The Morgan fingerprint density at radius 2 is 1.93 bits per heavy atom. The molecular formula is C13H23NO. The van der Waals surface area contributed by atoms with Crippen molar-refractivity contribution >= 4 is 5.78 Å². The number of Topliss-reactive ketones (excluding diaryl/α,β-unsaturated/α-hetero) is 1. The third-order valence-corrected chi connectivity index (χ3v) is 4.15. The van der Waals surface area contributed by atoms with Crippen LogP contribution in [0.1, 0.15) is 51.9 Å². The van der Waals surface area contributed by atoms with E-state index in [1.165, 1.54) is 32.1 Å². The van der Waals surface area contributed by atoms with E-state index in [2.05, 4.69) is 12.2 Å². The van der Waals surface area contributed by atoms with E-state index >= 15 is 0 Å². The highest BCUT2D eigenvalue weighted by Gasteiger charge is 2.30. The van der Waals surface area contributed by atoms with Crippen molar-refractivity contribution in [2.24, 2.45) is 11.8 Å². The molecule has 0 aromatic carbocycles. The largest absolute Gasteiger partial charge is 0.314 e. The van der Waals surface area contributed by atoms with E-state index in [0.717, 1.165) is 19.4 Å². The maximum Gasteiger partial charge on any atom is 0.137 e. The molecule has 1 saturated heterocycles. The molecule has 15 heavy (non-hydrogen) atoms. The zero-order chi connectivity index (χ0) is 10.7. The lowest BCUT2D eigenvalue weighted by molar-refractivity contribution is -0.124. The van der Waals surface area contributed by atoms with Gasteiger partial charge in [-0.1, -0.05) is 32.1 Å². The first kappa shape index (κ1) is 11.1. The third-order valence-electron chi connectivity index (χ3n) is 4.15. The average molecular weight is 209 g/mol. The fourth-order valence-corrected chi connectivity index (χ4v) is 3.13. The van der Waals surface area contributed by atoms with Crippen LogP contribution in [0.25, 0.3) is 0 Å². The Balaban J connectivity index is 1.80. The Morgan fingerprint density at radius 3 is 2.53 bits per heavy atom. The second-order valence-electron chi connectivity index (χ2n) is 5.31. The summed E-state index contributed by atoms with van der Waals surface area (Å²) in [4.78, 5) is 12.1. The molecule has 1 N–H and O–H groups in total. The Labute approximate surface area is 92.8 Å². The highest BCUT2D eigenvalue weighted by atomic mass is 16.1. The van der Waals surface area contributed by atoms with Crippen LogP contribution in [0, 0.1) is 11.8 Å². The Hall–Kier alpha value is -0.370. The van der Waals surface area contributed by atoms with E-state index in [-0.39, 0.29) is 0 Å². The zero-order valence-corrected chi connectivity index (χ0v) is 9.80. The van der Waals surface area contributed by atoms with E-state index < -0.39 is 0 Å². The van der Waals surface area contributed by atoms with Crippen molar-refractivity contribution in [3.63, 3.8) is 0 Å². The number of ketones is 1. The van der Waals surface area contributed by atoms with Gasteiger partial charge in [-0.3, -0.25) is 4.79 Å². The van der Waals surface area contributed by atoms with Crippen molar-refractivity contribution < 1.29 is 4.79 Å². The van der Waals surface area contributed by atoms with Crippen molar-refractivity contribution in [3.05, 3.63) is 0 Å². The second-order valence-corrected chi connectivity index (χ2v) is 5.31. The predicted octanol–water partition coefficient (Wildman–Crippen LogP) is 2.52. The summed E-state index contributed by atoms with van der Waals surface area (Å²) in [5.74, 6) is 1.55. The zero-order valence-electron chi connectivity index (χ0n) is 9.80. The fourth-order valence-electron chi connectivity index (χ4n) is 3.13. The van der Waals surface area contributed by atoms with Gasteiger partial charge in [-0.05, 0) is 25.8 Å². The molecule has 1 aliphatic carbocycles. The molecule has 0 aromatic rings. The van der Waals surface area contributed by atoms with Gasteiger partial charge >= 0.3 is 0 Å². The van der Waals surface area contributed by atoms with Crippen LogP contribution in [0.15, 0.2) is 0 Å². The van der Waals surface area contributed by atoms with Crippen LogP contribution in [-0.2, 0) is 4.79 Å². The smallest absolute Gasteiger partial charge is 0.137 e. The monoisotopic (exact) mass is 209 g/mol. The number of nitrogens with one attached hydrogen (secondary N) is 1. The molecule has 0 radical (unpaired) electrons. The molecule has 86 valence electrons. The minimum absolute atomic E-state index is 0.312. The Morgan fingerprint density at radius 1 is 1.20 bits per heavy atom. The quantitative estimate of drug-likeness (QED) is 0.774. The molecule has 2 heteroatoms. The lowest BCUT2D eigenvalue weighted by Crippen LogP contribution is -2.29. The van der Waals surface area contributed by atoms with E-state index in [9.17, 15) is 4.79 Å². The first-order valence-corrected chi connectivity index (χ1v) is 6.53. The standard InChI is InChI=1S/C13H23NO/c1-10-12(7-8-14-10)13(15)9-11-5-3-2-4-6-11/h10-12,14H,2-9H2,1H3. The molecule has 2 rings (SSSR count). The van der Waals surface area contributed by atoms with Gasteiger partial charge in [0, 0.05) is 18.4 Å². The van der Waals surface area contributed by atoms with Crippen LogP contribution in [0.3, 0.4) is 0 Å². The Kier molecular flexibility index (Phi) is 3.79. The van der Waals surface area contributed by atoms with Crippen LogP contribution >= 0.6 is 0 Å². The maximum atomic E-state index is 12.1.